The van der Waals surface area contributed by atoms with Crippen LogP contribution < -0.4 is 4.43 Å². The molecule has 1 aliphatic carbocycles. The Kier molecular flexibility index (Phi) is 7.18. The highest BCUT2D eigenvalue weighted by Crippen LogP contribution is 2.50. The Hall–Kier alpha value is -1.44. The maximum atomic E-state index is 15.0. The van der Waals surface area contributed by atoms with Gasteiger partial charge >= 0.3 is 0 Å². The highest BCUT2D eigenvalue weighted by Gasteiger charge is 2.49. The van der Waals surface area contributed by atoms with E-state index in [1.807, 2.05) is 27.7 Å². The summed E-state index contributed by atoms with van der Waals surface area (Å²) in [7, 11) is -2.89. The van der Waals surface area contributed by atoms with E-state index in [9.17, 15) is 26.3 Å². The van der Waals surface area contributed by atoms with Crippen LogP contribution >= 0.6 is 0 Å². The topological polar surface area (TPSA) is 9.23 Å². The van der Waals surface area contributed by atoms with Crippen molar-refractivity contribution in [3.63, 3.8) is 0 Å². The standard InChI is InChI=1S/C21H28F6OSi/c1-6-7-8-9-10-29(12(2)3,13(4)5)28-20-17(23)15-14(22)11-21(26,27)16(15)18(24)19(20)25/h11-13H,6-10H2,1-5H3. The molecule has 0 heterocycles. The van der Waals surface area contributed by atoms with Crippen LogP contribution in [-0.2, 0) is 5.92 Å². The van der Waals surface area contributed by atoms with Gasteiger partial charge < -0.3 is 4.43 Å². The lowest BCUT2D eigenvalue weighted by Gasteiger charge is -2.39. The summed E-state index contributed by atoms with van der Waals surface area (Å²) in [4.78, 5) is 0. The molecule has 0 bridgehead atoms. The van der Waals surface area contributed by atoms with Gasteiger partial charge in [-0.15, -0.1) is 0 Å². The molecule has 29 heavy (non-hydrogen) atoms. The van der Waals surface area contributed by atoms with Crippen molar-refractivity contribution in [3.8, 4) is 5.75 Å². The van der Waals surface area contributed by atoms with Crippen molar-refractivity contribution >= 4 is 14.1 Å². The van der Waals surface area contributed by atoms with Gasteiger partial charge in [-0.25, -0.2) is 13.2 Å². The first kappa shape index (κ1) is 23.8. The van der Waals surface area contributed by atoms with E-state index in [1.165, 1.54) is 0 Å². The van der Waals surface area contributed by atoms with E-state index < -0.39 is 54.4 Å². The molecule has 0 saturated heterocycles. The van der Waals surface area contributed by atoms with Crippen LogP contribution in [0.15, 0.2) is 6.08 Å². The van der Waals surface area contributed by atoms with Gasteiger partial charge in [0.25, 0.3) is 14.2 Å². The second-order valence-electron chi connectivity index (χ2n) is 8.31. The Morgan fingerprint density at radius 1 is 0.897 bits per heavy atom. The average Bonchev–Trinajstić information content (AvgIpc) is 2.86. The summed E-state index contributed by atoms with van der Waals surface area (Å²) in [6.45, 7) is 9.56. The van der Waals surface area contributed by atoms with Crippen molar-refractivity contribution in [2.45, 2.75) is 83.4 Å². The van der Waals surface area contributed by atoms with Crippen LogP contribution in [0.1, 0.15) is 71.4 Å². The van der Waals surface area contributed by atoms with Crippen LogP contribution in [0.4, 0.5) is 26.3 Å². The molecule has 0 unspecified atom stereocenters. The van der Waals surface area contributed by atoms with Crippen molar-refractivity contribution in [1.82, 2.24) is 0 Å². The minimum atomic E-state index is -4.12. The van der Waals surface area contributed by atoms with Crippen molar-refractivity contribution in [3.05, 3.63) is 34.7 Å². The van der Waals surface area contributed by atoms with E-state index in [2.05, 4.69) is 6.92 Å². The van der Waals surface area contributed by atoms with Gasteiger partial charge in [0.1, 0.15) is 5.83 Å². The highest BCUT2D eigenvalue weighted by molar-refractivity contribution is 6.77. The first-order valence-corrected chi connectivity index (χ1v) is 12.3. The van der Waals surface area contributed by atoms with Crippen molar-refractivity contribution in [2.75, 3.05) is 0 Å². The van der Waals surface area contributed by atoms with Gasteiger partial charge in [0, 0.05) is 6.08 Å². The van der Waals surface area contributed by atoms with Crippen molar-refractivity contribution in [2.24, 2.45) is 0 Å². The fraction of sp³-hybridized carbons (Fsp3) is 0.619. The Morgan fingerprint density at radius 2 is 1.48 bits per heavy atom. The summed E-state index contributed by atoms with van der Waals surface area (Å²) in [5.74, 6) is -12.2. The lowest BCUT2D eigenvalue weighted by atomic mass is 10.1. The molecule has 0 N–H and O–H groups in total. The molecule has 0 aromatic heterocycles. The SMILES string of the molecule is CCCCCC[Si](Oc1c(F)c(F)c2c(c1F)C(F)=CC2(F)F)(C(C)C)C(C)C. The van der Waals surface area contributed by atoms with Gasteiger partial charge in [0.2, 0.25) is 5.82 Å². The smallest absolute Gasteiger partial charge is 0.298 e. The minimum Gasteiger partial charge on any atom is -0.539 e. The van der Waals surface area contributed by atoms with Gasteiger partial charge in [-0.05, 0) is 17.1 Å². The van der Waals surface area contributed by atoms with Crippen LogP contribution in [0.5, 0.6) is 5.75 Å². The molecule has 0 saturated carbocycles. The third-order valence-electron chi connectivity index (χ3n) is 5.83. The van der Waals surface area contributed by atoms with Gasteiger partial charge in [-0.2, -0.15) is 13.2 Å². The Bertz CT molecular complexity index is 780. The van der Waals surface area contributed by atoms with E-state index in [0.29, 0.717) is 6.04 Å². The molecule has 8 heteroatoms. The molecule has 0 amide bonds. The van der Waals surface area contributed by atoms with Gasteiger partial charge in [-0.1, -0.05) is 60.3 Å². The van der Waals surface area contributed by atoms with E-state index in [1.54, 1.807) is 0 Å². The Labute approximate surface area is 169 Å². The van der Waals surface area contributed by atoms with Crippen LogP contribution in [0.2, 0.25) is 17.1 Å². The van der Waals surface area contributed by atoms with Crippen molar-refractivity contribution < 1.29 is 30.8 Å². The van der Waals surface area contributed by atoms with E-state index >= 15 is 0 Å². The van der Waals surface area contributed by atoms with E-state index in [4.69, 9.17) is 4.43 Å². The number of fused-ring (bicyclic) bond motifs is 1. The van der Waals surface area contributed by atoms with E-state index in [-0.39, 0.29) is 17.2 Å². The Balaban J connectivity index is 2.56. The monoisotopic (exact) mass is 438 g/mol. The molecule has 1 aromatic rings. The summed E-state index contributed by atoms with van der Waals surface area (Å²) in [5.41, 5.74) is -3.02. The summed E-state index contributed by atoms with van der Waals surface area (Å²) >= 11 is 0. The third kappa shape index (κ3) is 4.23. The Morgan fingerprint density at radius 3 is 2.00 bits per heavy atom. The number of alkyl halides is 2. The predicted octanol–water partition coefficient (Wildman–Crippen LogP) is 8.24. The molecule has 0 fully saturated rings. The van der Waals surface area contributed by atoms with Crippen LogP contribution in [0, 0.1) is 17.5 Å². The molecule has 1 aliphatic rings. The zero-order valence-corrected chi connectivity index (χ0v) is 18.4. The molecule has 0 aliphatic heterocycles. The summed E-state index contributed by atoms with van der Waals surface area (Å²) in [6, 6.07) is 0.578. The number of halogens is 6. The number of hydrogen-bond donors (Lipinski definition) is 0. The minimum absolute atomic E-state index is 0.0823. The molecular weight excluding hydrogens is 410 g/mol. The molecule has 164 valence electrons. The normalized spacial score (nSPS) is 15.8. The summed E-state index contributed by atoms with van der Waals surface area (Å²) < 4.78 is 91.7. The molecule has 1 nitrogen and oxygen atoms in total. The van der Waals surface area contributed by atoms with Gasteiger partial charge in [0.05, 0.1) is 11.1 Å². The lowest BCUT2D eigenvalue weighted by molar-refractivity contribution is 0.0502. The molecule has 0 radical (unpaired) electrons. The maximum Gasteiger partial charge on any atom is 0.298 e. The third-order valence-corrected chi connectivity index (χ3v) is 11.5. The van der Waals surface area contributed by atoms with Crippen molar-refractivity contribution in [1.29, 1.82) is 0 Å². The maximum absolute atomic E-state index is 15.0. The predicted molar refractivity (Wildman–Crippen MR) is 105 cm³/mol. The summed E-state index contributed by atoms with van der Waals surface area (Å²) in [6.07, 6.45) is 3.51. The van der Waals surface area contributed by atoms with Gasteiger partial charge in [-0.3, -0.25) is 0 Å². The zero-order valence-electron chi connectivity index (χ0n) is 17.4. The van der Waals surface area contributed by atoms with Crippen LogP contribution in [-0.4, -0.2) is 8.32 Å². The molecule has 2 rings (SSSR count). The van der Waals surface area contributed by atoms with E-state index in [0.717, 1.165) is 25.7 Å². The lowest BCUT2D eigenvalue weighted by Crippen LogP contribution is -2.48. The number of benzene rings is 1. The molecule has 0 atom stereocenters. The number of rotatable bonds is 9. The van der Waals surface area contributed by atoms with Crippen LogP contribution in [0.3, 0.4) is 0 Å². The second-order valence-corrected chi connectivity index (χ2v) is 13.2. The molecule has 1 aromatic carbocycles. The first-order chi connectivity index (χ1) is 13.4. The number of allylic oxidation sites excluding steroid dienone is 1. The summed E-state index contributed by atoms with van der Waals surface area (Å²) in [5, 5.41) is 0. The molecule has 0 spiro atoms. The fourth-order valence-corrected chi connectivity index (χ4v) is 8.54. The average molecular weight is 439 g/mol. The molecular formula is C21H28F6OSi. The largest absolute Gasteiger partial charge is 0.539 e. The number of hydrogen-bond acceptors (Lipinski definition) is 1. The van der Waals surface area contributed by atoms with Gasteiger partial charge in [0.15, 0.2) is 17.4 Å². The second kappa shape index (κ2) is 8.74. The first-order valence-electron chi connectivity index (χ1n) is 10.1. The highest BCUT2D eigenvalue weighted by atomic mass is 28.4. The van der Waals surface area contributed by atoms with Crippen LogP contribution in [0.25, 0.3) is 5.83 Å². The fourth-order valence-electron chi connectivity index (χ4n) is 4.12. The quantitative estimate of drug-likeness (QED) is 0.163. The zero-order chi connectivity index (χ0) is 22.1. The number of unbranched alkanes of at least 4 members (excludes halogenated alkanes) is 3.